The zero-order valence-corrected chi connectivity index (χ0v) is 32.4. The van der Waals surface area contributed by atoms with Gasteiger partial charge in [0, 0.05) is 26.7 Å². The van der Waals surface area contributed by atoms with Crippen LogP contribution in [0.4, 0.5) is 9.18 Å². The second-order valence-corrected chi connectivity index (χ2v) is 17.6. The van der Waals surface area contributed by atoms with Crippen molar-refractivity contribution in [1.29, 1.82) is 0 Å². The van der Waals surface area contributed by atoms with E-state index < -0.39 is 75.0 Å². The third-order valence-electron chi connectivity index (χ3n) is 10.1. The minimum absolute atomic E-state index is 0.00528. The van der Waals surface area contributed by atoms with Gasteiger partial charge in [0.25, 0.3) is 5.91 Å². The number of likely N-dealkylation sites (tertiary alicyclic amines) is 1. The van der Waals surface area contributed by atoms with Gasteiger partial charge >= 0.3 is 6.03 Å². The predicted octanol–water partition coefficient (Wildman–Crippen LogP) is 3.13. The number of hydrogen-bond donors (Lipinski definition) is 4. The molecule has 52 heavy (non-hydrogen) atoms. The first-order valence-electron chi connectivity index (χ1n) is 17.6. The summed E-state index contributed by atoms with van der Waals surface area (Å²) in [6.07, 6.45) is 3.00. The zero-order chi connectivity index (χ0) is 39.3. The minimum Gasteiger partial charge on any atom is -0.346 e. The second-order valence-electron chi connectivity index (χ2n) is 15.5. The van der Waals surface area contributed by atoms with E-state index in [1.807, 2.05) is 20.8 Å². The van der Waals surface area contributed by atoms with E-state index in [1.165, 1.54) is 30.2 Å². The molecule has 0 aromatic heterocycles. The summed E-state index contributed by atoms with van der Waals surface area (Å²) in [5, 5.41) is 10.7. The second kappa shape index (κ2) is 16.7. The van der Waals surface area contributed by atoms with Crippen molar-refractivity contribution in [3.63, 3.8) is 0 Å². The molecule has 1 unspecified atom stereocenters. The Morgan fingerprint density at radius 1 is 1.12 bits per heavy atom. The van der Waals surface area contributed by atoms with Crippen LogP contribution < -0.4 is 21.3 Å². The summed E-state index contributed by atoms with van der Waals surface area (Å²) in [7, 11) is -2.81. The topological polar surface area (TPSA) is 174 Å². The third-order valence-corrected chi connectivity index (χ3v) is 11.9. The summed E-state index contributed by atoms with van der Waals surface area (Å²) < 4.78 is 41.1. The minimum atomic E-state index is -4.12. The number of nitrogens with zero attached hydrogens (tertiary/aromatic N) is 2. The SMILES string of the molecule is C=CCNC(=O)C(=O)C(CCCC)NC(=O)[C@@H]1[C@@H]2[C@H](CN1C(=O)[C@@H](NC(=O)N[C@H](CN(C)S(=O)(=O)c1cccc(F)c1)C(=C)C)C(C)(C)C)C2(C)C. The number of rotatable bonds is 17. The quantitative estimate of drug-likeness (QED) is 0.140. The highest BCUT2D eigenvalue weighted by molar-refractivity contribution is 7.89. The molecule has 2 fully saturated rings. The first-order chi connectivity index (χ1) is 24.1. The van der Waals surface area contributed by atoms with Gasteiger partial charge in [0.15, 0.2) is 0 Å². The van der Waals surface area contributed by atoms with Crippen LogP contribution in [-0.2, 0) is 29.2 Å². The normalized spacial score (nSPS) is 20.9. The fraction of sp³-hybridized carbons (Fsp3) is 0.595. The van der Waals surface area contributed by atoms with Gasteiger partial charge in [0.1, 0.15) is 17.9 Å². The van der Waals surface area contributed by atoms with Crippen molar-refractivity contribution in [3.05, 3.63) is 54.9 Å². The molecule has 1 aromatic rings. The molecule has 13 nitrogen and oxygen atoms in total. The van der Waals surface area contributed by atoms with Crippen LogP contribution >= 0.6 is 0 Å². The number of likely N-dealkylation sites (N-methyl/N-ethyl adjacent to an activating group) is 1. The lowest BCUT2D eigenvalue weighted by molar-refractivity contribution is -0.145. The van der Waals surface area contributed by atoms with Gasteiger partial charge in [-0.2, -0.15) is 4.31 Å². The van der Waals surface area contributed by atoms with Crippen molar-refractivity contribution in [1.82, 2.24) is 30.5 Å². The highest BCUT2D eigenvalue weighted by Gasteiger charge is 2.70. The van der Waals surface area contributed by atoms with Crippen LogP contribution in [0.25, 0.3) is 0 Å². The molecule has 0 bridgehead atoms. The maximum absolute atomic E-state index is 14.4. The Morgan fingerprint density at radius 3 is 2.33 bits per heavy atom. The number of amides is 5. The van der Waals surface area contributed by atoms with Gasteiger partial charge in [-0.25, -0.2) is 17.6 Å². The van der Waals surface area contributed by atoms with Crippen molar-refractivity contribution in [2.45, 2.75) is 96.8 Å². The highest BCUT2D eigenvalue weighted by atomic mass is 32.2. The Labute approximate surface area is 307 Å². The number of nitrogens with one attached hydrogen (secondary N) is 4. The number of Topliss-reactive ketones (excluding diaryl/α,β-unsaturated/α-hetero) is 1. The van der Waals surface area contributed by atoms with E-state index in [0.29, 0.717) is 12.0 Å². The Bertz CT molecular complexity index is 1670. The Kier molecular flexibility index (Phi) is 13.6. The molecule has 5 amide bonds. The van der Waals surface area contributed by atoms with Crippen LogP contribution in [0.2, 0.25) is 0 Å². The number of sulfonamides is 1. The molecule has 4 N–H and O–H groups in total. The maximum atomic E-state index is 14.4. The lowest BCUT2D eigenvalue weighted by atomic mass is 9.85. The number of fused-ring (bicyclic) bond motifs is 1. The summed E-state index contributed by atoms with van der Waals surface area (Å²) in [5.74, 6) is -3.56. The van der Waals surface area contributed by atoms with Gasteiger partial charge in [0.2, 0.25) is 27.6 Å². The lowest BCUT2D eigenvalue weighted by Gasteiger charge is -2.38. The molecule has 1 aliphatic heterocycles. The van der Waals surface area contributed by atoms with Gasteiger partial charge in [-0.1, -0.05) is 78.7 Å². The van der Waals surface area contributed by atoms with Gasteiger partial charge < -0.3 is 26.2 Å². The molecule has 0 spiro atoms. The van der Waals surface area contributed by atoms with Crippen LogP contribution in [0.5, 0.6) is 0 Å². The zero-order valence-electron chi connectivity index (χ0n) is 31.5. The predicted molar refractivity (Wildman–Crippen MR) is 196 cm³/mol. The largest absolute Gasteiger partial charge is 0.346 e. The van der Waals surface area contributed by atoms with Crippen LogP contribution in [0.3, 0.4) is 0 Å². The number of hydrogen-bond acceptors (Lipinski definition) is 7. The molecule has 288 valence electrons. The molecule has 2 aliphatic rings. The molecular weight excluding hydrogens is 692 g/mol. The third kappa shape index (κ3) is 9.65. The van der Waals surface area contributed by atoms with Crippen molar-refractivity contribution in [3.8, 4) is 0 Å². The molecule has 1 heterocycles. The molecule has 0 radical (unpaired) electrons. The van der Waals surface area contributed by atoms with E-state index >= 15 is 0 Å². The molecular formula is C37H55FN6O7S. The first kappa shape index (κ1) is 42.3. The summed E-state index contributed by atoms with van der Waals surface area (Å²) >= 11 is 0. The number of urea groups is 1. The molecule has 1 saturated carbocycles. The maximum Gasteiger partial charge on any atom is 0.315 e. The fourth-order valence-corrected chi connectivity index (χ4v) is 8.01. The van der Waals surface area contributed by atoms with Crippen molar-refractivity contribution < 1.29 is 36.8 Å². The number of piperidine rings is 1. The molecule has 6 atom stereocenters. The molecule has 1 saturated heterocycles. The Hall–Kier alpha value is -4.11. The number of benzene rings is 1. The average molecular weight is 747 g/mol. The monoisotopic (exact) mass is 746 g/mol. The summed E-state index contributed by atoms with van der Waals surface area (Å²) in [4.78, 5) is 68.8. The molecule has 1 aromatic carbocycles. The van der Waals surface area contributed by atoms with Gasteiger partial charge in [0.05, 0.1) is 17.0 Å². The Balaban J connectivity index is 1.82. The van der Waals surface area contributed by atoms with Crippen LogP contribution in [0.15, 0.2) is 54.0 Å². The van der Waals surface area contributed by atoms with Crippen molar-refractivity contribution >= 4 is 39.6 Å². The van der Waals surface area contributed by atoms with E-state index in [-0.39, 0.29) is 48.2 Å². The number of carbonyl (C=O) groups is 5. The Morgan fingerprint density at radius 2 is 1.77 bits per heavy atom. The van der Waals surface area contributed by atoms with Crippen LogP contribution in [0, 0.1) is 28.5 Å². The van der Waals surface area contributed by atoms with E-state index in [1.54, 1.807) is 27.7 Å². The molecule has 1 aliphatic carbocycles. The lowest BCUT2D eigenvalue weighted by Crippen LogP contribution is -2.62. The van der Waals surface area contributed by atoms with Gasteiger partial charge in [-0.15, -0.1) is 6.58 Å². The summed E-state index contributed by atoms with van der Waals surface area (Å²) in [6, 6.07) is -0.204. The first-order valence-corrected chi connectivity index (χ1v) is 19.0. The van der Waals surface area contributed by atoms with E-state index in [2.05, 4.69) is 34.4 Å². The smallest absolute Gasteiger partial charge is 0.315 e. The van der Waals surface area contributed by atoms with E-state index in [9.17, 15) is 36.8 Å². The van der Waals surface area contributed by atoms with Crippen LogP contribution in [-0.4, -0.2) is 98.0 Å². The average Bonchev–Trinajstić information content (AvgIpc) is 3.37. The molecule has 3 rings (SSSR count). The number of halogens is 1. The van der Waals surface area contributed by atoms with Gasteiger partial charge in [-0.3, -0.25) is 19.2 Å². The molecule has 15 heteroatoms. The van der Waals surface area contributed by atoms with E-state index in [0.717, 1.165) is 22.9 Å². The fourth-order valence-electron chi connectivity index (χ4n) is 6.79. The summed E-state index contributed by atoms with van der Waals surface area (Å²) in [6.45, 7) is 20.4. The summed E-state index contributed by atoms with van der Waals surface area (Å²) in [5.41, 5.74) is -0.659. The number of carbonyl (C=O) groups excluding carboxylic acids is 5. The van der Waals surface area contributed by atoms with Gasteiger partial charge in [-0.05, 0) is 54.2 Å². The standard InChI is InChI=1S/C37H55FN6O7S/c1-11-13-17-26(30(45)33(47)39-18-12-2)40-32(46)29-28-25(37(28,8)9)20-44(29)34(48)31(36(5,6)7)42-35(49)41-27(22(3)4)21-43(10)52(50,51)24-16-14-15-23(38)19-24/h12,14-16,19,25-29,31H,2-3,11,13,17-18,20-21H2,1,4-10H3,(H,39,47)(H,40,46)(H2,41,42,49)/t25-,26?,27+,28-,29-,31+/m0/s1. The number of ketones is 1. The van der Waals surface area contributed by atoms with Crippen molar-refractivity contribution in [2.24, 2.45) is 22.7 Å². The highest BCUT2D eigenvalue weighted by Crippen LogP contribution is 2.65. The number of unbranched alkanes of at least 4 members (excludes halogenated alkanes) is 1. The van der Waals surface area contributed by atoms with Crippen molar-refractivity contribution in [2.75, 3.05) is 26.7 Å². The van der Waals surface area contributed by atoms with Crippen LogP contribution in [0.1, 0.15) is 67.7 Å². The van der Waals surface area contributed by atoms with E-state index in [4.69, 9.17) is 0 Å².